The maximum absolute atomic E-state index is 6.11. The Morgan fingerprint density at radius 2 is 2.00 bits per heavy atom. The molecule has 1 N–H and O–H groups in total. The quantitative estimate of drug-likeness (QED) is 0.750. The highest BCUT2D eigenvalue weighted by Gasteiger charge is 2.07. The van der Waals surface area contributed by atoms with Crippen molar-refractivity contribution in [3.63, 3.8) is 0 Å². The molecule has 3 heteroatoms. The zero-order valence-corrected chi connectivity index (χ0v) is 12.6. The van der Waals surface area contributed by atoms with Crippen molar-refractivity contribution >= 4 is 11.6 Å². The Kier molecular flexibility index (Phi) is 6.51. The third-order valence-electron chi connectivity index (χ3n) is 2.75. The summed E-state index contributed by atoms with van der Waals surface area (Å²) < 4.78 is 5.87. The van der Waals surface area contributed by atoms with Gasteiger partial charge < -0.3 is 10.1 Å². The van der Waals surface area contributed by atoms with E-state index in [1.165, 1.54) is 5.56 Å². The summed E-state index contributed by atoms with van der Waals surface area (Å²) in [7, 11) is 0. The van der Waals surface area contributed by atoms with E-state index in [0.29, 0.717) is 11.1 Å². The molecule has 1 aromatic carbocycles. The van der Waals surface area contributed by atoms with Gasteiger partial charge in [-0.25, -0.2) is 0 Å². The summed E-state index contributed by atoms with van der Waals surface area (Å²) in [5.41, 5.74) is 1.17. The van der Waals surface area contributed by atoms with E-state index >= 15 is 0 Å². The van der Waals surface area contributed by atoms with Gasteiger partial charge in [-0.1, -0.05) is 31.5 Å². The van der Waals surface area contributed by atoms with Gasteiger partial charge in [-0.3, -0.25) is 0 Å². The maximum Gasteiger partial charge on any atom is 0.138 e. The molecule has 0 spiro atoms. The molecule has 0 bridgehead atoms. The molecule has 0 saturated carbocycles. The van der Waals surface area contributed by atoms with Crippen molar-refractivity contribution in [3.05, 3.63) is 28.8 Å². The number of aryl methyl sites for hydroxylation is 1. The largest absolute Gasteiger partial charge is 0.489 e. The first-order valence-corrected chi connectivity index (χ1v) is 7.03. The van der Waals surface area contributed by atoms with Crippen molar-refractivity contribution in [3.8, 4) is 5.75 Å². The van der Waals surface area contributed by atoms with Crippen LogP contribution in [0.4, 0.5) is 0 Å². The fourth-order valence-electron chi connectivity index (χ4n) is 1.76. The lowest BCUT2D eigenvalue weighted by molar-refractivity contribution is 0.207. The van der Waals surface area contributed by atoms with Crippen LogP contribution >= 0.6 is 11.6 Å². The van der Waals surface area contributed by atoms with Crippen molar-refractivity contribution in [2.45, 2.75) is 52.7 Å². The summed E-state index contributed by atoms with van der Waals surface area (Å²) in [6, 6.07) is 6.42. The van der Waals surface area contributed by atoms with E-state index in [0.717, 1.165) is 25.1 Å². The van der Waals surface area contributed by atoms with Gasteiger partial charge in [0.25, 0.3) is 0 Å². The number of ether oxygens (including phenoxy) is 1. The summed E-state index contributed by atoms with van der Waals surface area (Å²) in [6.45, 7) is 9.49. The molecule has 0 fully saturated rings. The lowest BCUT2D eigenvalue weighted by Gasteiger charge is -2.16. The Morgan fingerprint density at radius 3 is 2.67 bits per heavy atom. The monoisotopic (exact) mass is 269 g/mol. The standard InChI is InChI=1S/C15H24ClNO/c1-11(2)17-9-5-6-13(4)18-15-10-12(3)7-8-14(15)16/h7-8,10-11,13,17H,5-6,9H2,1-4H3. The average molecular weight is 270 g/mol. The molecule has 0 aliphatic heterocycles. The van der Waals surface area contributed by atoms with Gasteiger partial charge in [-0.2, -0.15) is 0 Å². The van der Waals surface area contributed by atoms with E-state index in [2.05, 4.69) is 26.1 Å². The van der Waals surface area contributed by atoms with Crippen molar-refractivity contribution in [2.24, 2.45) is 0 Å². The second-order valence-corrected chi connectivity index (χ2v) is 5.52. The lowest BCUT2D eigenvalue weighted by Crippen LogP contribution is -2.25. The molecular weight excluding hydrogens is 246 g/mol. The topological polar surface area (TPSA) is 21.3 Å². The lowest BCUT2D eigenvalue weighted by atomic mass is 10.2. The van der Waals surface area contributed by atoms with Gasteiger partial charge in [0.05, 0.1) is 11.1 Å². The zero-order chi connectivity index (χ0) is 13.5. The Morgan fingerprint density at radius 1 is 1.28 bits per heavy atom. The number of hydrogen-bond acceptors (Lipinski definition) is 2. The number of halogens is 1. The minimum atomic E-state index is 0.193. The molecule has 1 rings (SSSR count). The molecule has 0 heterocycles. The number of benzene rings is 1. The van der Waals surface area contributed by atoms with Crippen LogP contribution in [0.2, 0.25) is 5.02 Å². The molecule has 0 aliphatic rings. The van der Waals surface area contributed by atoms with E-state index in [4.69, 9.17) is 16.3 Å². The minimum absolute atomic E-state index is 0.193. The van der Waals surface area contributed by atoms with Gasteiger partial charge in [0.15, 0.2) is 0 Å². The fourth-order valence-corrected chi connectivity index (χ4v) is 1.92. The van der Waals surface area contributed by atoms with Crippen LogP contribution in [-0.4, -0.2) is 18.7 Å². The van der Waals surface area contributed by atoms with Crippen LogP contribution in [0, 0.1) is 6.92 Å². The van der Waals surface area contributed by atoms with Crippen molar-refractivity contribution in [2.75, 3.05) is 6.54 Å². The normalized spacial score (nSPS) is 12.8. The Hall–Kier alpha value is -0.730. The molecule has 2 nitrogen and oxygen atoms in total. The summed E-state index contributed by atoms with van der Waals surface area (Å²) in [4.78, 5) is 0. The molecule has 0 amide bonds. The van der Waals surface area contributed by atoms with Crippen molar-refractivity contribution in [1.82, 2.24) is 5.32 Å². The van der Waals surface area contributed by atoms with Crippen LogP contribution in [0.3, 0.4) is 0 Å². The maximum atomic E-state index is 6.11. The highest BCUT2D eigenvalue weighted by Crippen LogP contribution is 2.26. The third kappa shape index (κ3) is 5.74. The van der Waals surface area contributed by atoms with Crippen LogP contribution in [0.5, 0.6) is 5.75 Å². The first kappa shape index (κ1) is 15.3. The Bertz CT molecular complexity index is 366. The van der Waals surface area contributed by atoms with Crippen molar-refractivity contribution < 1.29 is 4.74 Å². The van der Waals surface area contributed by atoms with E-state index in [-0.39, 0.29) is 6.10 Å². The highest BCUT2D eigenvalue weighted by molar-refractivity contribution is 6.32. The fraction of sp³-hybridized carbons (Fsp3) is 0.600. The van der Waals surface area contributed by atoms with E-state index in [1.807, 2.05) is 25.1 Å². The highest BCUT2D eigenvalue weighted by atomic mass is 35.5. The van der Waals surface area contributed by atoms with E-state index < -0.39 is 0 Å². The van der Waals surface area contributed by atoms with Crippen LogP contribution < -0.4 is 10.1 Å². The SMILES string of the molecule is Cc1ccc(Cl)c(OC(C)CCCNC(C)C)c1. The van der Waals surface area contributed by atoms with Crippen LogP contribution in [-0.2, 0) is 0 Å². The smallest absolute Gasteiger partial charge is 0.138 e. The average Bonchev–Trinajstić information content (AvgIpc) is 2.29. The second kappa shape index (κ2) is 7.65. The number of rotatable bonds is 7. The number of hydrogen-bond donors (Lipinski definition) is 1. The minimum Gasteiger partial charge on any atom is -0.489 e. The Labute approximate surface area is 116 Å². The molecular formula is C15H24ClNO. The van der Waals surface area contributed by atoms with Gasteiger partial charge in [0, 0.05) is 6.04 Å². The molecule has 1 atom stereocenters. The molecule has 0 aromatic heterocycles. The first-order valence-electron chi connectivity index (χ1n) is 6.65. The summed E-state index contributed by atoms with van der Waals surface area (Å²) in [5, 5.41) is 4.09. The third-order valence-corrected chi connectivity index (χ3v) is 3.07. The van der Waals surface area contributed by atoms with Gasteiger partial charge in [0.2, 0.25) is 0 Å². The molecule has 18 heavy (non-hydrogen) atoms. The molecule has 1 aromatic rings. The second-order valence-electron chi connectivity index (χ2n) is 5.11. The van der Waals surface area contributed by atoms with E-state index in [1.54, 1.807) is 0 Å². The predicted molar refractivity (Wildman–Crippen MR) is 78.7 cm³/mol. The first-order chi connectivity index (χ1) is 8.49. The van der Waals surface area contributed by atoms with Gasteiger partial charge in [-0.05, 0) is 50.9 Å². The summed E-state index contributed by atoms with van der Waals surface area (Å²) in [5.74, 6) is 0.793. The van der Waals surface area contributed by atoms with Gasteiger partial charge in [0.1, 0.15) is 5.75 Å². The summed E-state index contributed by atoms with van der Waals surface area (Å²) in [6.07, 6.45) is 2.34. The predicted octanol–water partition coefficient (Wildman–Crippen LogP) is 4.19. The van der Waals surface area contributed by atoms with Gasteiger partial charge in [-0.15, -0.1) is 0 Å². The molecule has 1 unspecified atom stereocenters. The molecule has 0 radical (unpaired) electrons. The van der Waals surface area contributed by atoms with Gasteiger partial charge >= 0.3 is 0 Å². The molecule has 0 saturated heterocycles. The van der Waals surface area contributed by atoms with Crippen molar-refractivity contribution in [1.29, 1.82) is 0 Å². The molecule has 0 aliphatic carbocycles. The van der Waals surface area contributed by atoms with Crippen LogP contribution in [0.15, 0.2) is 18.2 Å². The van der Waals surface area contributed by atoms with Crippen LogP contribution in [0.25, 0.3) is 0 Å². The van der Waals surface area contributed by atoms with E-state index in [9.17, 15) is 0 Å². The van der Waals surface area contributed by atoms with Crippen LogP contribution in [0.1, 0.15) is 39.2 Å². The molecule has 102 valence electrons. The number of nitrogens with one attached hydrogen (secondary N) is 1. The summed E-state index contributed by atoms with van der Waals surface area (Å²) >= 11 is 6.11. The Balaban J connectivity index is 2.35. The zero-order valence-electron chi connectivity index (χ0n) is 11.8.